The van der Waals surface area contributed by atoms with Gasteiger partial charge in [0.1, 0.15) is 5.75 Å². The van der Waals surface area contributed by atoms with Crippen LogP contribution in [-0.4, -0.2) is 51.0 Å². The molecule has 20 heavy (non-hydrogen) atoms. The molecule has 0 radical (unpaired) electrons. The Hall–Kier alpha value is -2.08. The quantitative estimate of drug-likeness (QED) is 0.719. The average molecular weight is 279 g/mol. The molecule has 110 valence electrons. The molecule has 6 nitrogen and oxygen atoms in total. The van der Waals surface area contributed by atoms with E-state index in [1.54, 1.807) is 13.2 Å². The Balaban J connectivity index is 2.40. The van der Waals surface area contributed by atoms with Crippen molar-refractivity contribution in [3.63, 3.8) is 0 Å². The van der Waals surface area contributed by atoms with E-state index >= 15 is 0 Å². The molecule has 0 aromatic heterocycles. The van der Waals surface area contributed by atoms with Gasteiger partial charge in [-0.2, -0.15) is 0 Å². The van der Waals surface area contributed by atoms with E-state index in [-0.39, 0.29) is 6.54 Å². The summed E-state index contributed by atoms with van der Waals surface area (Å²) in [5.74, 6) is -0.586. The van der Waals surface area contributed by atoms with Gasteiger partial charge in [-0.15, -0.1) is 0 Å². The third-order valence-corrected chi connectivity index (χ3v) is 2.68. The third kappa shape index (κ3) is 5.27. The number of benzene rings is 1. The van der Waals surface area contributed by atoms with Crippen molar-refractivity contribution in [1.82, 2.24) is 15.5 Å². The smallest absolute Gasteiger partial charge is 0.309 e. The number of likely N-dealkylation sites (N-methyl/N-ethyl adjacent to an activating group) is 1. The highest BCUT2D eigenvalue weighted by atomic mass is 16.5. The number of hydrogen-bond acceptors (Lipinski definition) is 4. The van der Waals surface area contributed by atoms with E-state index in [4.69, 9.17) is 4.74 Å². The largest absolute Gasteiger partial charge is 0.496 e. The van der Waals surface area contributed by atoms with Crippen molar-refractivity contribution >= 4 is 11.8 Å². The summed E-state index contributed by atoms with van der Waals surface area (Å²) in [6, 6.07) is 7.33. The van der Waals surface area contributed by atoms with Gasteiger partial charge in [0, 0.05) is 25.2 Å². The molecule has 0 aliphatic rings. The van der Waals surface area contributed by atoms with Gasteiger partial charge in [-0.05, 0) is 20.2 Å². The summed E-state index contributed by atoms with van der Waals surface area (Å²) >= 11 is 0. The van der Waals surface area contributed by atoms with Crippen molar-refractivity contribution in [1.29, 1.82) is 0 Å². The maximum atomic E-state index is 11.6. The summed E-state index contributed by atoms with van der Waals surface area (Å²) in [6.07, 6.45) is 0. The maximum absolute atomic E-state index is 11.6. The fourth-order valence-corrected chi connectivity index (χ4v) is 1.58. The number of nitrogens with one attached hydrogen (secondary N) is 2. The molecule has 6 heteroatoms. The standard InChI is InChI=1S/C14H21N3O3/c1-17(2)9-8-15-13(18)14(19)16-10-11-6-4-5-7-12(11)20-3/h4-7H,8-10H2,1-3H3,(H,15,18)(H,16,19). The lowest BCUT2D eigenvalue weighted by Gasteiger charge is -2.11. The number of carbonyl (C=O) groups excluding carboxylic acids is 2. The van der Waals surface area contributed by atoms with Gasteiger partial charge in [-0.3, -0.25) is 9.59 Å². The van der Waals surface area contributed by atoms with Crippen LogP contribution in [0.25, 0.3) is 0 Å². The Kier molecular flexibility index (Phi) is 6.52. The van der Waals surface area contributed by atoms with Crippen molar-refractivity contribution < 1.29 is 14.3 Å². The lowest BCUT2D eigenvalue weighted by Crippen LogP contribution is -2.41. The predicted molar refractivity (Wildman–Crippen MR) is 76.4 cm³/mol. The number of nitrogens with zero attached hydrogens (tertiary/aromatic N) is 1. The maximum Gasteiger partial charge on any atom is 0.309 e. The van der Waals surface area contributed by atoms with Gasteiger partial charge < -0.3 is 20.3 Å². The number of ether oxygens (including phenoxy) is 1. The highest BCUT2D eigenvalue weighted by Gasteiger charge is 2.13. The Labute approximate surface area is 119 Å². The number of methoxy groups -OCH3 is 1. The van der Waals surface area contributed by atoms with Gasteiger partial charge in [0.2, 0.25) is 0 Å². The monoisotopic (exact) mass is 279 g/mol. The van der Waals surface area contributed by atoms with Crippen molar-refractivity contribution in [2.24, 2.45) is 0 Å². The highest BCUT2D eigenvalue weighted by Crippen LogP contribution is 2.16. The fourth-order valence-electron chi connectivity index (χ4n) is 1.58. The van der Waals surface area contributed by atoms with Crippen LogP contribution in [0.15, 0.2) is 24.3 Å². The summed E-state index contributed by atoms with van der Waals surface area (Å²) in [4.78, 5) is 25.1. The molecule has 0 saturated heterocycles. The number of para-hydroxylation sites is 1. The average Bonchev–Trinajstić information content (AvgIpc) is 2.44. The molecule has 0 saturated carbocycles. The molecular formula is C14H21N3O3. The Morgan fingerprint density at radius 1 is 1.15 bits per heavy atom. The molecule has 0 heterocycles. The van der Waals surface area contributed by atoms with E-state index in [0.29, 0.717) is 18.8 Å². The molecule has 0 aliphatic heterocycles. The second-order valence-electron chi connectivity index (χ2n) is 4.55. The van der Waals surface area contributed by atoms with E-state index in [2.05, 4.69) is 10.6 Å². The topological polar surface area (TPSA) is 70.7 Å². The van der Waals surface area contributed by atoms with Crippen LogP contribution in [0.5, 0.6) is 5.75 Å². The first-order chi connectivity index (χ1) is 9.54. The molecule has 2 amide bonds. The fraction of sp³-hybridized carbons (Fsp3) is 0.429. The van der Waals surface area contributed by atoms with E-state index in [0.717, 1.165) is 5.56 Å². The van der Waals surface area contributed by atoms with Crippen LogP contribution in [0.4, 0.5) is 0 Å². The normalized spacial score (nSPS) is 10.2. The molecule has 0 unspecified atom stereocenters. The number of amides is 2. The van der Waals surface area contributed by atoms with E-state index in [1.165, 1.54) is 0 Å². The van der Waals surface area contributed by atoms with Crippen molar-refractivity contribution in [3.8, 4) is 5.75 Å². The summed E-state index contributed by atoms with van der Waals surface area (Å²) in [5, 5.41) is 5.12. The van der Waals surface area contributed by atoms with Crippen molar-refractivity contribution in [2.75, 3.05) is 34.3 Å². The SMILES string of the molecule is COc1ccccc1CNC(=O)C(=O)NCCN(C)C. The Bertz CT molecular complexity index is 461. The van der Waals surface area contributed by atoms with Crippen LogP contribution in [0.1, 0.15) is 5.56 Å². The van der Waals surface area contributed by atoms with Crippen LogP contribution < -0.4 is 15.4 Å². The first-order valence-corrected chi connectivity index (χ1v) is 6.37. The van der Waals surface area contributed by atoms with E-state index in [1.807, 2.05) is 37.2 Å². The number of carbonyl (C=O) groups is 2. The first-order valence-electron chi connectivity index (χ1n) is 6.37. The predicted octanol–water partition coefficient (Wildman–Crippen LogP) is -0.0108. The van der Waals surface area contributed by atoms with Gasteiger partial charge in [-0.1, -0.05) is 18.2 Å². The lowest BCUT2D eigenvalue weighted by molar-refractivity contribution is -0.139. The molecule has 1 rings (SSSR count). The van der Waals surface area contributed by atoms with Crippen LogP contribution in [-0.2, 0) is 16.1 Å². The summed E-state index contributed by atoms with van der Waals surface area (Å²) < 4.78 is 5.17. The third-order valence-electron chi connectivity index (χ3n) is 2.68. The summed E-state index contributed by atoms with van der Waals surface area (Å²) in [5.41, 5.74) is 0.824. The number of rotatable bonds is 6. The van der Waals surface area contributed by atoms with Crippen LogP contribution in [0, 0.1) is 0 Å². The van der Waals surface area contributed by atoms with Crippen molar-refractivity contribution in [2.45, 2.75) is 6.54 Å². The van der Waals surface area contributed by atoms with Gasteiger partial charge in [0.15, 0.2) is 0 Å². The summed E-state index contributed by atoms with van der Waals surface area (Å²) in [7, 11) is 5.36. The van der Waals surface area contributed by atoms with Gasteiger partial charge in [0.05, 0.1) is 7.11 Å². The molecule has 0 bridgehead atoms. The zero-order chi connectivity index (χ0) is 15.0. The molecule has 2 N–H and O–H groups in total. The molecular weight excluding hydrogens is 258 g/mol. The minimum absolute atomic E-state index is 0.254. The van der Waals surface area contributed by atoms with Crippen LogP contribution in [0.2, 0.25) is 0 Å². The second kappa shape index (κ2) is 8.16. The first kappa shape index (κ1) is 16.0. The molecule has 0 aliphatic carbocycles. The molecule has 0 atom stereocenters. The minimum Gasteiger partial charge on any atom is -0.496 e. The van der Waals surface area contributed by atoms with Gasteiger partial charge in [0.25, 0.3) is 0 Å². The molecule has 0 fully saturated rings. The van der Waals surface area contributed by atoms with Gasteiger partial charge >= 0.3 is 11.8 Å². The van der Waals surface area contributed by atoms with Crippen molar-refractivity contribution in [3.05, 3.63) is 29.8 Å². The van der Waals surface area contributed by atoms with Crippen LogP contribution in [0.3, 0.4) is 0 Å². The highest BCUT2D eigenvalue weighted by molar-refractivity contribution is 6.35. The van der Waals surface area contributed by atoms with Crippen LogP contribution >= 0.6 is 0 Å². The molecule has 1 aromatic rings. The van der Waals surface area contributed by atoms with E-state index in [9.17, 15) is 9.59 Å². The second-order valence-corrected chi connectivity index (χ2v) is 4.55. The Morgan fingerprint density at radius 2 is 1.80 bits per heavy atom. The van der Waals surface area contributed by atoms with E-state index < -0.39 is 11.8 Å². The zero-order valence-electron chi connectivity index (χ0n) is 12.1. The molecule has 1 aromatic carbocycles. The van der Waals surface area contributed by atoms with Gasteiger partial charge in [-0.25, -0.2) is 0 Å². The molecule has 0 spiro atoms. The minimum atomic E-state index is -0.644. The number of hydrogen-bond donors (Lipinski definition) is 2. The summed E-state index contributed by atoms with van der Waals surface area (Å²) in [6.45, 7) is 1.38. The zero-order valence-corrected chi connectivity index (χ0v) is 12.1. The Morgan fingerprint density at radius 3 is 2.45 bits per heavy atom. The lowest BCUT2D eigenvalue weighted by atomic mass is 10.2.